The van der Waals surface area contributed by atoms with E-state index < -0.39 is 0 Å². The standard InChI is InChI=1S/C29H30ClN5O4S/c1-18-16-34(13-12-21(18)35-22-10-5-4-9-20(22)31-28(35)40-2)29(36)38-15-7-14-37-17-24-32-25-19-8-3-6-11-23(19)39-26(25)27(30)33-24/h3-6,8-11,18,21H,7,12-17H2,1-2H3. The van der Waals surface area contributed by atoms with Gasteiger partial charge in [-0.3, -0.25) is 0 Å². The molecule has 2 aromatic carbocycles. The first-order valence-corrected chi connectivity index (χ1v) is 15.0. The van der Waals surface area contributed by atoms with Gasteiger partial charge in [0.25, 0.3) is 0 Å². The number of carbonyl (C=O) groups excluding carboxylic acids is 1. The SMILES string of the molecule is CSc1nc2ccccc2n1C1CCN(C(=O)OCCCOCc2nc(Cl)c3oc4ccccc4c3n2)CC1C. The van der Waals surface area contributed by atoms with Gasteiger partial charge in [0, 0.05) is 30.9 Å². The highest BCUT2D eigenvalue weighted by atomic mass is 35.5. The number of amides is 1. The Morgan fingerprint density at radius 1 is 1.12 bits per heavy atom. The second-order valence-corrected chi connectivity index (χ2v) is 11.1. The van der Waals surface area contributed by atoms with Gasteiger partial charge in [-0.05, 0) is 42.9 Å². The highest BCUT2D eigenvalue weighted by Crippen LogP contribution is 2.35. The van der Waals surface area contributed by atoms with Crippen LogP contribution in [0.2, 0.25) is 5.15 Å². The number of furan rings is 1. The zero-order valence-corrected chi connectivity index (χ0v) is 24.0. The Morgan fingerprint density at radius 3 is 2.80 bits per heavy atom. The van der Waals surface area contributed by atoms with Gasteiger partial charge >= 0.3 is 6.09 Å². The Labute approximate surface area is 240 Å². The van der Waals surface area contributed by atoms with E-state index in [1.807, 2.05) is 36.4 Å². The number of thioether (sulfide) groups is 1. The van der Waals surface area contributed by atoms with Crippen LogP contribution in [-0.4, -0.2) is 63.1 Å². The molecule has 1 saturated heterocycles. The number of rotatable bonds is 8. The molecule has 0 spiro atoms. The van der Waals surface area contributed by atoms with Crippen LogP contribution in [0.5, 0.6) is 0 Å². The molecule has 6 rings (SSSR count). The van der Waals surface area contributed by atoms with Crippen molar-refractivity contribution >= 4 is 62.6 Å². The molecule has 5 aromatic rings. The number of halogens is 1. The molecule has 1 amide bonds. The van der Waals surface area contributed by atoms with E-state index in [4.69, 9.17) is 30.5 Å². The maximum atomic E-state index is 12.8. The van der Waals surface area contributed by atoms with Crippen molar-refractivity contribution in [3.05, 3.63) is 59.5 Å². The summed E-state index contributed by atoms with van der Waals surface area (Å²) in [7, 11) is 0. The molecule has 3 aromatic heterocycles. The zero-order chi connectivity index (χ0) is 27.6. The first kappa shape index (κ1) is 26.9. The van der Waals surface area contributed by atoms with Crippen LogP contribution >= 0.6 is 23.4 Å². The molecule has 2 unspecified atom stereocenters. The summed E-state index contributed by atoms with van der Waals surface area (Å²) in [6, 6.07) is 16.2. The summed E-state index contributed by atoms with van der Waals surface area (Å²) in [5, 5.41) is 2.16. The maximum absolute atomic E-state index is 12.8. The molecule has 0 saturated carbocycles. The van der Waals surface area contributed by atoms with E-state index in [0.29, 0.717) is 48.6 Å². The largest absolute Gasteiger partial charge is 0.451 e. The first-order valence-electron chi connectivity index (χ1n) is 13.4. The van der Waals surface area contributed by atoms with Gasteiger partial charge < -0.3 is 23.4 Å². The second kappa shape index (κ2) is 11.6. The highest BCUT2D eigenvalue weighted by molar-refractivity contribution is 7.98. The lowest BCUT2D eigenvalue weighted by Gasteiger charge is -2.37. The topological polar surface area (TPSA) is 95.5 Å². The van der Waals surface area contributed by atoms with Crippen LogP contribution in [0.4, 0.5) is 4.79 Å². The molecular weight excluding hydrogens is 550 g/mol. The number of imidazole rings is 1. The minimum absolute atomic E-state index is 0.203. The lowest BCUT2D eigenvalue weighted by Crippen LogP contribution is -2.44. The van der Waals surface area contributed by atoms with Crippen LogP contribution in [0, 0.1) is 5.92 Å². The molecule has 0 bridgehead atoms. The highest BCUT2D eigenvalue weighted by Gasteiger charge is 2.32. The van der Waals surface area contributed by atoms with Crippen LogP contribution < -0.4 is 0 Å². The molecule has 0 aliphatic carbocycles. The van der Waals surface area contributed by atoms with Gasteiger partial charge in [0.2, 0.25) is 0 Å². The number of fused-ring (bicyclic) bond motifs is 4. The van der Waals surface area contributed by atoms with Crippen molar-refractivity contribution in [2.75, 3.05) is 32.6 Å². The summed E-state index contributed by atoms with van der Waals surface area (Å²) in [4.78, 5) is 28.2. The van der Waals surface area contributed by atoms with E-state index in [9.17, 15) is 4.79 Å². The summed E-state index contributed by atoms with van der Waals surface area (Å²) >= 11 is 7.98. The van der Waals surface area contributed by atoms with E-state index in [-0.39, 0.29) is 36.4 Å². The summed E-state index contributed by atoms with van der Waals surface area (Å²) in [6.07, 6.45) is 3.20. The quantitative estimate of drug-likeness (QED) is 0.113. The molecule has 4 heterocycles. The molecule has 0 radical (unpaired) electrons. The zero-order valence-electron chi connectivity index (χ0n) is 22.4. The Balaban J connectivity index is 0.973. The van der Waals surface area contributed by atoms with Gasteiger partial charge in [-0.2, -0.15) is 0 Å². The predicted molar refractivity (Wildman–Crippen MR) is 156 cm³/mol. The Hall–Kier alpha value is -3.34. The van der Waals surface area contributed by atoms with Crippen LogP contribution in [0.25, 0.3) is 33.1 Å². The first-order chi connectivity index (χ1) is 19.5. The molecule has 208 valence electrons. The van der Waals surface area contributed by atoms with Gasteiger partial charge in [0.05, 0.1) is 24.2 Å². The average molecular weight is 580 g/mol. The predicted octanol–water partition coefficient (Wildman–Crippen LogP) is 6.73. The number of ether oxygens (including phenoxy) is 2. The maximum Gasteiger partial charge on any atom is 0.409 e. The van der Waals surface area contributed by atoms with E-state index in [1.165, 1.54) is 0 Å². The van der Waals surface area contributed by atoms with Crippen molar-refractivity contribution in [3.63, 3.8) is 0 Å². The Bertz CT molecular complexity index is 1670. The lowest BCUT2D eigenvalue weighted by molar-refractivity contribution is 0.0583. The molecule has 0 N–H and O–H groups in total. The second-order valence-electron chi connectivity index (χ2n) is 9.96. The number of hydrogen-bond acceptors (Lipinski definition) is 8. The van der Waals surface area contributed by atoms with Crippen molar-refractivity contribution in [1.82, 2.24) is 24.4 Å². The van der Waals surface area contributed by atoms with E-state index in [1.54, 1.807) is 16.7 Å². The number of hydrogen-bond donors (Lipinski definition) is 0. The van der Waals surface area contributed by atoms with Crippen molar-refractivity contribution in [3.8, 4) is 0 Å². The molecule has 1 fully saturated rings. The minimum atomic E-state index is -0.279. The number of benzene rings is 2. The fourth-order valence-corrected chi connectivity index (χ4v) is 6.26. The molecule has 40 heavy (non-hydrogen) atoms. The third-order valence-electron chi connectivity index (χ3n) is 7.31. The van der Waals surface area contributed by atoms with Crippen molar-refractivity contribution in [2.24, 2.45) is 5.92 Å². The number of para-hydroxylation sites is 3. The minimum Gasteiger partial charge on any atom is -0.451 e. The fraction of sp³-hybridized carbons (Fsp3) is 0.379. The number of piperidine rings is 1. The fourth-order valence-electron chi connectivity index (χ4n) is 5.41. The third-order valence-corrected chi connectivity index (χ3v) is 8.22. The van der Waals surface area contributed by atoms with Gasteiger partial charge in [0.1, 0.15) is 17.7 Å². The average Bonchev–Trinajstić information content (AvgIpc) is 3.53. The Morgan fingerprint density at radius 2 is 1.95 bits per heavy atom. The molecule has 9 nitrogen and oxygen atoms in total. The van der Waals surface area contributed by atoms with Crippen molar-refractivity contribution in [2.45, 2.75) is 37.6 Å². The number of aromatic nitrogens is 4. The van der Waals surface area contributed by atoms with Crippen molar-refractivity contribution < 1.29 is 18.7 Å². The van der Waals surface area contributed by atoms with Crippen LogP contribution in [0.3, 0.4) is 0 Å². The number of likely N-dealkylation sites (tertiary alicyclic amines) is 1. The normalized spacial score (nSPS) is 17.7. The molecule has 11 heteroatoms. The third kappa shape index (κ3) is 5.23. The van der Waals surface area contributed by atoms with Gasteiger partial charge in [-0.25, -0.2) is 19.7 Å². The monoisotopic (exact) mass is 579 g/mol. The molecular formula is C29H30ClN5O4S. The van der Waals surface area contributed by atoms with Gasteiger partial charge in [-0.1, -0.05) is 54.6 Å². The molecule has 1 aliphatic heterocycles. The lowest BCUT2D eigenvalue weighted by atomic mass is 9.93. The van der Waals surface area contributed by atoms with Crippen LogP contribution in [0.15, 0.2) is 58.1 Å². The summed E-state index contributed by atoms with van der Waals surface area (Å²) in [6.45, 7) is 4.37. The number of nitrogens with zero attached hydrogens (tertiary/aromatic N) is 5. The van der Waals surface area contributed by atoms with Crippen molar-refractivity contribution in [1.29, 1.82) is 0 Å². The van der Waals surface area contributed by atoms with E-state index in [0.717, 1.165) is 28.0 Å². The van der Waals surface area contributed by atoms with E-state index in [2.05, 4.69) is 39.8 Å². The summed E-state index contributed by atoms with van der Waals surface area (Å²) in [5.74, 6) is 0.748. The Kier molecular flexibility index (Phi) is 7.82. The van der Waals surface area contributed by atoms with Crippen LogP contribution in [-0.2, 0) is 16.1 Å². The van der Waals surface area contributed by atoms with E-state index >= 15 is 0 Å². The summed E-state index contributed by atoms with van der Waals surface area (Å²) in [5.41, 5.74) is 4.01. The van der Waals surface area contributed by atoms with Gasteiger partial charge in [-0.15, -0.1) is 0 Å². The summed E-state index contributed by atoms with van der Waals surface area (Å²) < 4.78 is 19.4. The number of carbonyl (C=O) groups is 1. The van der Waals surface area contributed by atoms with Crippen LogP contribution in [0.1, 0.15) is 31.6 Å². The molecule has 2 atom stereocenters. The van der Waals surface area contributed by atoms with Gasteiger partial charge in [0.15, 0.2) is 21.7 Å². The molecule has 1 aliphatic rings. The smallest absolute Gasteiger partial charge is 0.409 e.